The Morgan fingerprint density at radius 1 is 1.13 bits per heavy atom. The lowest BCUT2D eigenvalue weighted by molar-refractivity contribution is 0.0955. The van der Waals surface area contributed by atoms with Crippen molar-refractivity contribution in [3.05, 3.63) is 91.0 Å². The molecule has 3 rings (SSSR count). The summed E-state index contributed by atoms with van der Waals surface area (Å²) in [5.74, 6) is 0.585. The third kappa shape index (κ3) is 6.10. The van der Waals surface area contributed by atoms with Crippen LogP contribution in [0.25, 0.3) is 0 Å². The largest absolute Gasteiger partial charge is 0.493 e. The van der Waals surface area contributed by atoms with Crippen LogP contribution >= 0.6 is 45.8 Å². The van der Waals surface area contributed by atoms with Crippen LogP contribution < -0.4 is 14.9 Å². The summed E-state index contributed by atoms with van der Waals surface area (Å²) in [6.07, 6.45) is 1.49. The molecule has 0 spiro atoms. The van der Waals surface area contributed by atoms with Gasteiger partial charge in [0.15, 0.2) is 11.5 Å². The summed E-state index contributed by atoms with van der Waals surface area (Å²) in [4.78, 5) is 12.2. The molecule has 0 aliphatic carbocycles. The van der Waals surface area contributed by atoms with Crippen molar-refractivity contribution in [2.75, 3.05) is 7.11 Å². The molecule has 0 aliphatic rings. The standard InChI is InChI=1S/C22H17Cl2IN2O3/c1-29-20-10-15(12-26-27-22(28)16-3-2-4-18(25)11-16)9-19(24)21(20)30-13-14-5-7-17(23)8-6-14/h2-12H,13H2,1H3,(H,27,28)/b26-12-. The lowest BCUT2D eigenvalue weighted by Gasteiger charge is -2.13. The van der Waals surface area contributed by atoms with E-state index in [-0.39, 0.29) is 5.91 Å². The van der Waals surface area contributed by atoms with Gasteiger partial charge in [0, 0.05) is 14.2 Å². The Morgan fingerprint density at radius 2 is 1.90 bits per heavy atom. The van der Waals surface area contributed by atoms with E-state index in [9.17, 15) is 4.79 Å². The maximum absolute atomic E-state index is 12.2. The maximum Gasteiger partial charge on any atom is 0.271 e. The lowest BCUT2D eigenvalue weighted by Crippen LogP contribution is -2.17. The van der Waals surface area contributed by atoms with E-state index in [1.807, 2.05) is 24.3 Å². The van der Waals surface area contributed by atoms with Crippen molar-refractivity contribution >= 4 is 57.9 Å². The number of halogens is 3. The zero-order valence-electron chi connectivity index (χ0n) is 15.9. The molecule has 0 fully saturated rings. The highest BCUT2D eigenvalue weighted by Gasteiger charge is 2.12. The Kier molecular flexibility index (Phi) is 7.95. The van der Waals surface area contributed by atoms with E-state index >= 15 is 0 Å². The monoisotopic (exact) mass is 554 g/mol. The van der Waals surface area contributed by atoms with Crippen LogP contribution in [0.5, 0.6) is 11.5 Å². The number of carbonyl (C=O) groups excluding carboxylic acids is 1. The molecule has 154 valence electrons. The van der Waals surface area contributed by atoms with Crippen LogP contribution in [0.1, 0.15) is 21.5 Å². The molecule has 1 N–H and O–H groups in total. The fourth-order valence-electron chi connectivity index (χ4n) is 2.55. The van der Waals surface area contributed by atoms with E-state index in [4.69, 9.17) is 32.7 Å². The van der Waals surface area contributed by atoms with Gasteiger partial charge >= 0.3 is 0 Å². The summed E-state index contributed by atoms with van der Waals surface area (Å²) in [7, 11) is 1.53. The number of ether oxygens (including phenoxy) is 2. The number of carbonyl (C=O) groups is 1. The summed E-state index contributed by atoms with van der Waals surface area (Å²) < 4.78 is 12.2. The van der Waals surface area contributed by atoms with Crippen molar-refractivity contribution in [3.63, 3.8) is 0 Å². The van der Waals surface area contributed by atoms with E-state index < -0.39 is 0 Å². The van der Waals surface area contributed by atoms with Gasteiger partial charge < -0.3 is 9.47 Å². The second-order valence-electron chi connectivity index (χ2n) is 6.16. The third-order valence-electron chi connectivity index (χ3n) is 4.01. The average molecular weight is 555 g/mol. The first-order valence-electron chi connectivity index (χ1n) is 8.80. The van der Waals surface area contributed by atoms with Gasteiger partial charge in [-0.1, -0.05) is 41.4 Å². The second kappa shape index (κ2) is 10.7. The number of nitrogens with one attached hydrogen (secondary N) is 1. The summed E-state index contributed by atoms with van der Waals surface area (Å²) in [6.45, 7) is 0.312. The first-order valence-corrected chi connectivity index (χ1v) is 10.6. The van der Waals surface area contributed by atoms with E-state index in [0.717, 1.165) is 9.13 Å². The van der Waals surface area contributed by atoms with Gasteiger partial charge in [0.25, 0.3) is 5.91 Å². The van der Waals surface area contributed by atoms with Crippen LogP contribution in [0.3, 0.4) is 0 Å². The van der Waals surface area contributed by atoms with Gasteiger partial charge in [0.05, 0.1) is 18.3 Å². The van der Waals surface area contributed by atoms with Gasteiger partial charge in [-0.15, -0.1) is 0 Å². The predicted molar refractivity (Wildman–Crippen MR) is 128 cm³/mol. The third-order valence-corrected chi connectivity index (χ3v) is 5.22. The minimum atomic E-state index is -0.300. The molecule has 0 saturated carbocycles. The normalized spacial score (nSPS) is 10.8. The summed E-state index contributed by atoms with van der Waals surface area (Å²) in [5.41, 5.74) is 4.62. The van der Waals surface area contributed by atoms with Crippen LogP contribution in [0, 0.1) is 3.57 Å². The molecule has 0 aliphatic heterocycles. The average Bonchev–Trinajstić information content (AvgIpc) is 2.73. The zero-order chi connectivity index (χ0) is 21.5. The molecule has 3 aromatic carbocycles. The number of methoxy groups -OCH3 is 1. The minimum Gasteiger partial charge on any atom is -0.493 e. The highest BCUT2D eigenvalue weighted by molar-refractivity contribution is 14.1. The fourth-order valence-corrected chi connectivity index (χ4v) is 3.49. The van der Waals surface area contributed by atoms with Crippen molar-refractivity contribution in [2.24, 2.45) is 5.10 Å². The van der Waals surface area contributed by atoms with Crippen molar-refractivity contribution in [1.29, 1.82) is 0 Å². The van der Waals surface area contributed by atoms with Gasteiger partial charge in [0.2, 0.25) is 0 Å². The number of hydrogen-bond donors (Lipinski definition) is 1. The first kappa shape index (κ1) is 22.4. The van der Waals surface area contributed by atoms with E-state index in [1.54, 1.807) is 36.4 Å². The Labute approximate surface area is 198 Å². The van der Waals surface area contributed by atoms with Gasteiger partial charge in [0.1, 0.15) is 6.61 Å². The summed E-state index contributed by atoms with van der Waals surface area (Å²) in [6, 6.07) is 18.0. The van der Waals surface area contributed by atoms with Gasteiger partial charge in [-0.05, 0) is 76.2 Å². The molecule has 8 heteroatoms. The lowest BCUT2D eigenvalue weighted by atomic mass is 10.2. The Balaban J connectivity index is 1.69. The van der Waals surface area contributed by atoms with Crippen LogP contribution in [-0.2, 0) is 6.61 Å². The summed E-state index contributed by atoms with van der Waals surface area (Å²) in [5, 5.41) is 5.03. The molecule has 0 unspecified atom stereocenters. The summed E-state index contributed by atoms with van der Waals surface area (Å²) >= 11 is 14.4. The van der Waals surface area contributed by atoms with Crippen LogP contribution in [0.15, 0.2) is 65.8 Å². The number of nitrogens with zero attached hydrogens (tertiary/aromatic N) is 1. The molecule has 0 saturated heterocycles. The van der Waals surface area contributed by atoms with E-state index in [1.165, 1.54) is 13.3 Å². The molecular formula is C22H17Cl2IN2O3. The van der Waals surface area contributed by atoms with E-state index in [0.29, 0.717) is 39.3 Å². The minimum absolute atomic E-state index is 0.300. The molecule has 1 amide bonds. The van der Waals surface area contributed by atoms with E-state index in [2.05, 4.69) is 33.1 Å². The predicted octanol–water partition coefficient (Wildman–Crippen LogP) is 5.95. The number of rotatable bonds is 7. The molecular weight excluding hydrogens is 538 g/mol. The Morgan fingerprint density at radius 3 is 2.60 bits per heavy atom. The maximum atomic E-state index is 12.2. The van der Waals surface area contributed by atoms with Crippen LogP contribution in [-0.4, -0.2) is 19.2 Å². The zero-order valence-corrected chi connectivity index (χ0v) is 19.5. The van der Waals surface area contributed by atoms with Gasteiger partial charge in [-0.2, -0.15) is 5.10 Å². The van der Waals surface area contributed by atoms with Crippen LogP contribution in [0.2, 0.25) is 10.0 Å². The van der Waals surface area contributed by atoms with Gasteiger partial charge in [-0.25, -0.2) is 5.43 Å². The number of amides is 1. The fraction of sp³-hybridized carbons (Fsp3) is 0.0909. The number of benzene rings is 3. The molecule has 0 heterocycles. The van der Waals surface area contributed by atoms with Crippen molar-refractivity contribution in [3.8, 4) is 11.5 Å². The Bertz CT molecular complexity index is 1070. The van der Waals surface area contributed by atoms with Crippen molar-refractivity contribution < 1.29 is 14.3 Å². The van der Waals surface area contributed by atoms with Crippen LogP contribution in [0.4, 0.5) is 0 Å². The first-order chi connectivity index (χ1) is 14.5. The molecule has 0 radical (unpaired) electrons. The van der Waals surface area contributed by atoms with Crippen molar-refractivity contribution in [2.45, 2.75) is 6.61 Å². The highest BCUT2D eigenvalue weighted by Crippen LogP contribution is 2.36. The van der Waals surface area contributed by atoms with Crippen molar-refractivity contribution in [1.82, 2.24) is 5.43 Å². The molecule has 3 aromatic rings. The Hall–Kier alpha value is -2.29. The van der Waals surface area contributed by atoms with Gasteiger partial charge in [-0.3, -0.25) is 4.79 Å². The molecule has 0 atom stereocenters. The molecule has 5 nitrogen and oxygen atoms in total. The smallest absolute Gasteiger partial charge is 0.271 e. The molecule has 0 bridgehead atoms. The number of hydrogen-bond acceptors (Lipinski definition) is 4. The molecule has 0 aromatic heterocycles. The topological polar surface area (TPSA) is 59.9 Å². The highest BCUT2D eigenvalue weighted by atomic mass is 127. The molecule has 30 heavy (non-hydrogen) atoms. The SMILES string of the molecule is COc1cc(/C=N\NC(=O)c2cccc(I)c2)cc(Cl)c1OCc1ccc(Cl)cc1. The second-order valence-corrected chi connectivity index (χ2v) is 8.25. The quantitative estimate of drug-likeness (QED) is 0.223. The number of hydrazone groups is 1.